The molecule has 3 nitrogen and oxygen atoms in total. The Labute approximate surface area is 167 Å². The van der Waals surface area contributed by atoms with Crippen LogP contribution < -0.4 is 4.74 Å². The summed E-state index contributed by atoms with van der Waals surface area (Å²) in [6, 6.07) is 19.3. The van der Waals surface area contributed by atoms with E-state index in [4.69, 9.17) is 21.5 Å². The fourth-order valence-corrected chi connectivity index (χ4v) is 3.02. The van der Waals surface area contributed by atoms with Gasteiger partial charge in [-0.3, -0.25) is 0 Å². The maximum absolute atomic E-state index is 9.13. The second kappa shape index (κ2) is 9.76. The Morgan fingerprint density at radius 2 is 1.74 bits per heavy atom. The van der Waals surface area contributed by atoms with Crippen LogP contribution in [-0.2, 0) is 6.61 Å². The van der Waals surface area contributed by atoms with Gasteiger partial charge in [-0.25, -0.2) is 0 Å². The third-order valence-corrected chi connectivity index (χ3v) is 4.81. The molecular formula is C22H18ClNO2S. The molecule has 0 aliphatic carbocycles. The molecule has 2 aromatic carbocycles. The molecule has 3 aromatic rings. The minimum atomic E-state index is 0.478. The third kappa shape index (κ3) is 6.13. The van der Waals surface area contributed by atoms with Crippen LogP contribution in [0.15, 0.2) is 83.4 Å². The molecular weight excluding hydrogens is 378 g/mol. The number of nitrogens with zero attached hydrogens (tertiary/aromatic N) is 1. The fourth-order valence-electron chi connectivity index (χ4n) is 2.28. The van der Waals surface area contributed by atoms with Crippen LogP contribution in [0.1, 0.15) is 16.0 Å². The highest BCUT2D eigenvalue weighted by Gasteiger charge is 1.97. The van der Waals surface area contributed by atoms with E-state index >= 15 is 0 Å². The highest BCUT2D eigenvalue weighted by Crippen LogP contribution is 2.16. The van der Waals surface area contributed by atoms with E-state index in [1.807, 2.05) is 78.2 Å². The van der Waals surface area contributed by atoms with Gasteiger partial charge in [0.1, 0.15) is 18.1 Å². The number of hydrogen-bond acceptors (Lipinski definition) is 4. The van der Waals surface area contributed by atoms with Crippen LogP contribution >= 0.6 is 22.9 Å². The summed E-state index contributed by atoms with van der Waals surface area (Å²) in [7, 11) is 0. The number of halogens is 1. The molecule has 1 heterocycles. The number of ether oxygens (including phenoxy) is 1. The Balaban J connectivity index is 1.56. The quantitative estimate of drug-likeness (QED) is 0.280. The molecule has 0 atom stereocenters. The monoisotopic (exact) mass is 395 g/mol. The molecule has 0 bridgehead atoms. The van der Waals surface area contributed by atoms with Gasteiger partial charge < -0.3 is 9.94 Å². The Bertz CT molecular complexity index is 927. The van der Waals surface area contributed by atoms with Crippen LogP contribution in [0.3, 0.4) is 0 Å². The summed E-state index contributed by atoms with van der Waals surface area (Å²) in [6.07, 6.45) is 7.33. The van der Waals surface area contributed by atoms with Crippen molar-refractivity contribution < 1.29 is 9.94 Å². The number of rotatable bonds is 7. The Kier molecular flexibility index (Phi) is 6.85. The number of allylic oxidation sites excluding steroid dienone is 2. The van der Waals surface area contributed by atoms with Crippen LogP contribution in [0.2, 0.25) is 5.02 Å². The van der Waals surface area contributed by atoms with E-state index in [1.165, 1.54) is 0 Å². The smallest absolute Gasteiger partial charge is 0.119 e. The van der Waals surface area contributed by atoms with Crippen LogP contribution in [0.4, 0.5) is 0 Å². The summed E-state index contributed by atoms with van der Waals surface area (Å²) in [5.74, 6) is 0.788. The van der Waals surface area contributed by atoms with E-state index in [2.05, 4.69) is 5.16 Å². The molecule has 1 aromatic heterocycles. The van der Waals surface area contributed by atoms with Crippen LogP contribution in [0, 0.1) is 0 Å². The second-order valence-electron chi connectivity index (χ2n) is 5.69. The first-order chi connectivity index (χ1) is 13.2. The average molecular weight is 396 g/mol. The fraction of sp³-hybridized carbons (Fsp3) is 0.0455. The summed E-state index contributed by atoms with van der Waals surface area (Å²) in [4.78, 5) is 1.10. The summed E-state index contributed by atoms with van der Waals surface area (Å²) < 4.78 is 5.77. The predicted molar refractivity (Wildman–Crippen MR) is 114 cm³/mol. The van der Waals surface area contributed by atoms with E-state index in [-0.39, 0.29) is 0 Å². The molecule has 0 spiro atoms. The summed E-state index contributed by atoms with van der Waals surface area (Å²) in [6.45, 7) is 0.487. The van der Waals surface area contributed by atoms with Crippen LogP contribution in [0.5, 0.6) is 5.75 Å². The summed E-state index contributed by atoms with van der Waals surface area (Å²) >= 11 is 7.51. The lowest BCUT2D eigenvalue weighted by Gasteiger charge is -2.06. The van der Waals surface area contributed by atoms with Gasteiger partial charge in [-0.2, -0.15) is 0 Å². The number of hydrogen-bond donors (Lipinski definition) is 1. The van der Waals surface area contributed by atoms with E-state index < -0.39 is 0 Å². The van der Waals surface area contributed by atoms with E-state index in [9.17, 15) is 0 Å². The zero-order valence-electron chi connectivity index (χ0n) is 14.5. The molecule has 0 radical (unpaired) electrons. The zero-order valence-corrected chi connectivity index (χ0v) is 16.0. The first-order valence-corrected chi connectivity index (χ1v) is 9.58. The Hall–Kier alpha value is -2.82. The number of thiophene rings is 1. The average Bonchev–Trinajstić information content (AvgIpc) is 3.22. The molecule has 5 heteroatoms. The van der Waals surface area contributed by atoms with E-state index in [0.717, 1.165) is 21.8 Å². The van der Waals surface area contributed by atoms with Crippen molar-refractivity contribution in [1.82, 2.24) is 0 Å². The SMILES string of the molecule is ON=C(C=Cc1ccc(OCc2ccc(Cl)cc2)cc1)C=Cc1cccs1. The molecule has 0 amide bonds. The molecule has 1 N–H and O–H groups in total. The Morgan fingerprint density at radius 1 is 1.00 bits per heavy atom. The Morgan fingerprint density at radius 3 is 2.41 bits per heavy atom. The maximum atomic E-state index is 9.13. The summed E-state index contributed by atoms with van der Waals surface area (Å²) in [5, 5.41) is 15.2. The minimum Gasteiger partial charge on any atom is -0.489 e. The van der Waals surface area contributed by atoms with Crippen molar-refractivity contribution in [2.75, 3.05) is 0 Å². The molecule has 27 heavy (non-hydrogen) atoms. The molecule has 0 aliphatic heterocycles. The third-order valence-electron chi connectivity index (χ3n) is 3.72. The highest BCUT2D eigenvalue weighted by molar-refractivity contribution is 7.10. The molecule has 0 aliphatic rings. The van der Waals surface area contributed by atoms with Crippen molar-refractivity contribution in [2.24, 2.45) is 5.16 Å². The first-order valence-electron chi connectivity index (χ1n) is 8.32. The molecule has 0 fully saturated rings. The molecule has 0 saturated carbocycles. The normalized spacial score (nSPS) is 12.1. The lowest BCUT2D eigenvalue weighted by molar-refractivity contribution is 0.306. The zero-order chi connectivity index (χ0) is 18.9. The van der Waals surface area contributed by atoms with Gasteiger partial charge >= 0.3 is 0 Å². The van der Waals surface area contributed by atoms with E-state index in [0.29, 0.717) is 17.3 Å². The van der Waals surface area contributed by atoms with Gasteiger partial charge in [0.2, 0.25) is 0 Å². The topological polar surface area (TPSA) is 41.8 Å². The van der Waals surface area contributed by atoms with Gasteiger partial charge in [0.25, 0.3) is 0 Å². The lowest BCUT2D eigenvalue weighted by atomic mass is 10.2. The van der Waals surface area contributed by atoms with Crippen molar-refractivity contribution in [3.8, 4) is 5.75 Å². The largest absolute Gasteiger partial charge is 0.489 e. The predicted octanol–water partition coefficient (Wildman–Crippen LogP) is 6.54. The number of benzene rings is 2. The molecule has 136 valence electrons. The van der Waals surface area contributed by atoms with Crippen LogP contribution in [0.25, 0.3) is 12.2 Å². The first kappa shape index (κ1) is 19.0. The highest BCUT2D eigenvalue weighted by atomic mass is 35.5. The summed E-state index contributed by atoms with van der Waals surface area (Å²) in [5.41, 5.74) is 2.52. The molecule has 3 rings (SSSR count). The van der Waals surface area contributed by atoms with Gasteiger partial charge in [0, 0.05) is 9.90 Å². The minimum absolute atomic E-state index is 0.478. The lowest BCUT2D eigenvalue weighted by Crippen LogP contribution is -1.94. The second-order valence-corrected chi connectivity index (χ2v) is 7.11. The van der Waals surface area contributed by atoms with Gasteiger partial charge in [0.05, 0.1) is 0 Å². The molecule has 0 unspecified atom stereocenters. The van der Waals surface area contributed by atoms with Crippen molar-refractivity contribution in [1.29, 1.82) is 0 Å². The van der Waals surface area contributed by atoms with Crippen molar-refractivity contribution in [3.63, 3.8) is 0 Å². The number of oxime groups is 1. The van der Waals surface area contributed by atoms with Gasteiger partial charge in [-0.15, -0.1) is 11.3 Å². The maximum Gasteiger partial charge on any atom is 0.119 e. The van der Waals surface area contributed by atoms with Crippen molar-refractivity contribution in [3.05, 3.63) is 99.2 Å². The van der Waals surface area contributed by atoms with Gasteiger partial charge in [-0.05, 0) is 65.1 Å². The van der Waals surface area contributed by atoms with Gasteiger partial charge in [-0.1, -0.05) is 53.2 Å². The van der Waals surface area contributed by atoms with Crippen molar-refractivity contribution >= 4 is 40.8 Å². The molecule has 0 saturated heterocycles. The van der Waals surface area contributed by atoms with E-state index in [1.54, 1.807) is 23.5 Å². The van der Waals surface area contributed by atoms with Gasteiger partial charge in [0.15, 0.2) is 0 Å². The van der Waals surface area contributed by atoms with Crippen molar-refractivity contribution in [2.45, 2.75) is 6.61 Å². The standard InChI is InChI=1S/C22H18ClNO2S/c23-19-8-3-18(4-9-19)16-26-21-12-6-17(7-13-21)5-10-20(24-25)11-14-22-2-1-15-27-22/h1-15,25H,16H2. The van der Waals surface area contributed by atoms with Crippen LogP contribution in [-0.4, -0.2) is 10.9 Å².